The summed E-state index contributed by atoms with van der Waals surface area (Å²) in [6, 6.07) is 0. The van der Waals surface area contributed by atoms with E-state index in [1.54, 1.807) is 0 Å². The van der Waals surface area contributed by atoms with Crippen molar-refractivity contribution in [2.75, 3.05) is 40.5 Å². The summed E-state index contributed by atoms with van der Waals surface area (Å²) in [6.07, 6.45) is 41.1. The van der Waals surface area contributed by atoms with Crippen molar-refractivity contribution in [1.82, 2.24) is 4.90 Å². The zero-order valence-corrected chi connectivity index (χ0v) is 45.5. The number of rotatable bonds is 46. The van der Waals surface area contributed by atoms with E-state index < -0.39 is 0 Å². The molecule has 0 amide bonds. The second-order valence-electron chi connectivity index (χ2n) is 20.1. The highest BCUT2D eigenvalue weighted by molar-refractivity contribution is 5.71. The quantitative estimate of drug-likeness (QED) is 0.0250. The summed E-state index contributed by atoms with van der Waals surface area (Å²) in [6.45, 7) is 9.90. The summed E-state index contributed by atoms with van der Waals surface area (Å²) in [5, 5.41) is 0. The average molecular weight is 986 g/mol. The highest BCUT2D eigenvalue weighted by Crippen LogP contribution is 2.39. The number of unbranched alkanes of at least 4 members (excludes halogenated alkanes) is 14. The van der Waals surface area contributed by atoms with Gasteiger partial charge in [0.05, 0.1) is 19.8 Å². The maximum Gasteiger partial charge on any atom is 0.306 e. The highest BCUT2D eigenvalue weighted by Gasteiger charge is 2.39. The Morgan fingerprint density at radius 3 is 1.71 bits per heavy atom. The molecular weight excluding hydrogens is 883 g/mol. The van der Waals surface area contributed by atoms with Crippen LogP contribution in [0.4, 0.5) is 0 Å². The first-order chi connectivity index (χ1) is 34.0. The van der Waals surface area contributed by atoms with Crippen molar-refractivity contribution < 1.29 is 47.7 Å². The second kappa shape index (κ2) is 45.4. The van der Waals surface area contributed by atoms with Crippen molar-refractivity contribution in [3.8, 4) is 0 Å². The Balaban J connectivity index is 2.77. The van der Waals surface area contributed by atoms with Gasteiger partial charge in [0, 0.05) is 50.4 Å². The van der Waals surface area contributed by atoms with Crippen molar-refractivity contribution in [2.24, 2.45) is 17.8 Å². The molecule has 1 fully saturated rings. The first-order valence-corrected chi connectivity index (χ1v) is 28.5. The van der Waals surface area contributed by atoms with Crippen molar-refractivity contribution in [3.63, 3.8) is 0 Å². The molecule has 11 nitrogen and oxygen atoms in total. The van der Waals surface area contributed by atoms with Crippen LogP contribution >= 0.6 is 0 Å². The molecule has 0 aromatic heterocycles. The van der Waals surface area contributed by atoms with Crippen LogP contribution in [0.3, 0.4) is 0 Å². The molecule has 4 atom stereocenters. The molecule has 404 valence electrons. The third-order valence-corrected chi connectivity index (χ3v) is 13.3. The largest absolute Gasteiger partial charge is 0.466 e. The maximum absolute atomic E-state index is 13.3. The third kappa shape index (κ3) is 37.3. The summed E-state index contributed by atoms with van der Waals surface area (Å²) in [4.78, 5) is 66.2. The highest BCUT2D eigenvalue weighted by atomic mass is 16.6. The Bertz CT molecular complexity index is 1400. The lowest BCUT2D eigenvalue weighted by atomic mass is 9.88. The molecule has 1 saturated carbocycles. The van der Waals surface area contributed by atoms with Crippen molar-refractivity contribution in [1.29, 1.82) is 0 Å². The predicted octanol–water partition coefficient (Wildman–Crippen LogP) is 14.5. The van der Waals surface area contributed by atoms with Gasteiger partial charge in [-0.3, -0.25) is 24.0 Å². The first kappa shape index (κ1) is 64.5. The Morgan fingerprint density at radius 2 is 1.09 bits per heavy atom. The average Bonchev–Trinajstić information content (AvgIpc) is 3.69. The molecule has 0 aromatic carbocycles. The van der Waals surface area contributed by atoms with Gasteiger partial charge in [0.15, 0.2) is 0 Å². The molecule has 0 aliphatic heterocycles. The van der Waals surface area contributed by atoms with Crippen LogP contribution in [-0.2, 0) is 47.7 Å². The third-order valence-electron chi connectivity index (χ3n) is 13.3. The number of hydrogen-bond donors (Lipinski definition) is 0. The lowest BCUT2D eigenvalue weighted by Crippen LogP contribution is -2.27. The van der Waals surface area contributed by atoms with E-state index in [1.807, 2.05) is 14.1 Å². The van der Waals surface area contributed by atoms with Gasteiger partial charge in [0.1, 0.15) is 12.2 Å². The Kier molecular flexibility index (Phi) is 41.9. The Hall–Kier alpha value is -3.47. The SMILES string of the molecule is CC/C=C\CC1C(CC(=O)OCCC(CCCCCCCC/C=C\C/C=C\CCCCC)OC(=O)CCCCC(COC(=O)CCCCC)COC(=O)CCCCC)CCC1OC(=O)CCCN(C)C. The fourth-order valence-electron chi connectivity index (χ4n) is 9.01. The van der Waals surface area contributed by atoms with Gasteiger partial charge in [0.2, 0.25) is 0 Å². The zero-order valence-electron chi connectivity index (χ0n) is 45.5. The van der Waals surface area contributed by atoms with Crippen molar-refractivity contribution in [3.05, 3.63) is 36.5 Å². The normalized spacial score (nSPS) is 16.5. The van der Waals surface area contributed by atoms with E-state index in [2.05, 4.69) is 69.1 Å². The van der Waals surface area contributed by atoms with Crippen LogP contribution in [0.2, 0.25) is 0 Å². The molecule has 70 heavy (non-hydrogen) atoms. The molecule has 0 N–H and O–H groups in total. The molecule has 4 unspecified atom stereocenters. The van der Waals surface area contributed by atoms with Crippen LogP contribution in [0, 0.1) is 17.8 Å². The van der Waals surface area contributed by atoms with Crippen LogP contribution in [0.25, 0.3) is 0 Å². The van der Waals surface area contributed by atoms with Gasteiger partial charge in [-0.2, -0.15) is 0 Å². The van der Waals surface area contributed by atoms with Crippen molar-refractivity contribution in [2.45, 2.75) is 252 Å². The van der Waals surface area contributed by atoms with E-state index in [4.69, 9.17) is 23.7 Å². The van der Waals surface area contributed by atoms with E-state index in [0.29, 0.717) is 51.4 Å². The topological polar surface area (TPSA) is 135 Å². The van der Waals surface area contributed by atoms with Gasteiger partial charge >= 0.3 is 29.8 Å². The van der Waals surface area contributed by atoms with Crippen LogP contribution in [-0.4, -0.2) is 87.4 Å². The van der Waals surface area contributed by atoms with Crippen molar-refractivity contribution >= 4 is 29.8 Å². The van der Waals surface area contributed by atoms with E-state index in [1.165, 1.54) is 44.9 Å². The smallest absolute Gasteiger partial charge is 0.306 e. The summed E-state index contributed by atoms with van der Waals surface area (Å²) >= 11 is 0. The number of carbonyl (C=O) groups is 5. The number of allylic oxidation sites excluding steroid dienone is 6. The van der Waals surface area contributed by atoms with Crippen LogP contribution in [0.15, 0.2) is 36.5 Å². The Labute approximate surface area is 427 Å². The van der Waals surface area contributed by atoms with E-state index in [-0.39, 0.29) is 92.5 Å². The minimum Gasteiger partial charge on any atom is -0.466 e. The van der Waals surface area contributed by atoms with Crippen LogP contribution < -0.4 is 0 Å². The predicted molar refractivity (Wildman–Crippen MR) is 284 cm³/mol. The molecule has 0 heterocycles. The molecule has 0 bridgehead atoms. The van der Waals surface area contributed by atoms with Gasteiger partial charge in [-0.05, 0) is 129 Å². The standard InChI is InChI=1S/C59H103NO10/c1-7-11-15-16-17-18-19-20-21-22-23-24-25-26-27-31-36-52(44-46-66-59(65)47-51-42-43-54(53(51)37-28-12-8-2)70-58(64)41-34-45-60(5)6)69-57(63)40-33-32-35-50(48-67-55(61)38-29-13-9-3)49-68-56(62)39-30-14-10-4/h12,17-18,20-21,28,50-54H,7-11,13-16,19,22-27,29-49H2,1-6H3/b18-17-,21-20-,28-12-. The van der Waals surface area contributed by atoms with Gasteiger partial charge in [-0.25, -0.2) is 0 Å². The molecular formula is C59H103NO10. The minimum absolute atomic E-state index is 0.0655. The summed E-state index contributed by atoms with van der Waals surface area (Å²) in [7, 11) is 3.99. The van der Waals surface area contributed by atoms with Gasteiger partial charge < -0.3 is 28.6 Å². The minimum atomic E-state index is -0.354. The number of nitrogens with zero attached hydrogens (tertiary/aromatic N) is 1. The molecule has 11 heteroatoms. The molecule has 1 rings (SSSR count). The fraction of sp³-hybridized carbons (Fsp3) is 0.814. The van der Waals surface area contributed by atoms with Crippen LogP contribution in [0.1, 0.15) is 240 Å². The monoisotopic (exact) mass is 986 g/mol. The lowest BCUT2D eigenvalue weighted by Gasteiger charge is -2.24. The second-order valence-corrected chi connectivity index (χ2v) is 20.1. The molecule has 0 spiro atoms. The number of esters is 5. The Morgan fingerprint density at radius 1 is 0.529 bits per heavy atom. The fourth-order valence-corrected chi connectivity index (χ4v) is 9.01. The van der Waals surface area contributed by atoms with E-state index >= 15 is 0 Å². The maximum atomic E-state index is 13.3. The molecule has 0 saturated heterocycles. The van der Waals surface area contributed by atoms with Gasteiger partial charge in [0.25, 0.3) is 0 Å². The van der Waals surface area contributed by atoms with Crippen LogP contribution in [0.5, 0.6) is 0 Å². The summed E-state index contributed by atoms with van der Waals surface area (Å²) in [5.74, 6) is -1.17. The molecule has 1 aliphatic rings. The van der Waals surface area contributed by atoms with E-state index in [0.717, 1.165) is 109 Å². The lowest BCUT2D eigenvalue weighted by molar-refractivity contribution is -0.152. The van der Waals surface area contributed by atoms with Gasteiger partial charge in [-0.1, -0.05) is 135 Å². The molecule has 0 aromatic rings. The van der Waals surface area contributed by atoms with Gasteiger partial charge in [-0.15, -0.1) is 0 Å². The number of ether oxygens (including phenoxy) is 5. The molecule has 1 aliphatic carbocycles. The summed E-state index contributed by atoms with van der Waals surface area (Å²) < 4.78 is 29.1. The number of carbonyl (C=O) groups excluding carboxylic acids is 5. The summed E-state index contributed by atoms with van der Waals surface area (Å²) in [5.41, 5.74) is 0. The first-order valence-electron chi connectivity index (χ1n) is 28.5. The molecule has 0 radical (unpaired) electrons. The zero-order chi connectivity index (χ0) is 51.3. The van der Waals surface area contributed by atoms with E-state index in [9.17, 15) is 24.0 Å². The number of hydrogen-bond acceptors (Lipinski definition) is 11.